The average Bonchev–Trinajstić information content (AvgIpc) is 2.76. The molecule has 0 aliphatic heterocycles. The van der Waals surface area contributed by atoms with Gasteiger partial charge in [0.25, 0.3) is 0 Å². The Balaban J connectivity index is 1.91. The number of carbonyl (C=O) groups excluding carboxylic acids is 2. The summed E-state index contributed by atoms with van der Waals surface area (Å²) in [4.78, 5) is 35.1. The van der Waals surface area contributed by atoms with Crippen LogP contribution in [-0.4, -0.2) is 29.4 Å². The lowest BCUT2D eigenvalue weighted by atomic mass is 9.69. The maximum Gasteiger partial charge on any atom is 0.303 e. The van der Waals surface area contributed by atoms with Crippen LogP contribution in [-0.2, 0) is 20.9 Å². The molecule has 0 radical (unpaired) electrons. The normalized spacial score (nSPS) is 20.2. The Kier molecular flexibility index (Phi) is 9.45. The highest BCUT2D eigenvalue weighted by Crippen LogP contribution is 2.38. The second kappa shape index (κ2) is 12.0. The molecule has 1 aliphatic rings. The number of nitrogens with one attached hydrogen (secondary N) is 2. The fraction of sp³-hybridized carbons (Fsp3) is 0.520. The molecule has 0 heterocycles. The summed E-state index contributed by atoms with van der Waals surface area (Å²) < 4.78 is 0. The molecule has 7 heteroatoms. The summed E-state index contributed by atoms with van der Waals surface area (Å²) >= 11 is 0. The molecule has 1 aromatic rings. The molecule has 0 fully saturated rings. The van der Waals surface area contributed by atoms with Crippen LogP contribution in [0.15, 0.2) is 35.9 Å². The van der Waals surface area contributed by atoms with Gasteiger partial charge in [-0.1, -0.05) is 37.6 Å². The Morgan fingerprint density at radius 3 is 2.41 bits per heavy atom. The number of hydrogen-bond donors (Lipinski definition) is 3. The summed E-state index contributed by atoms with van der Waals surface area (Å²) in [7, 11) is 0. The first-order valence-corrected chi connectivity index (χ1v) is 11.1. The van der Waals surface area contributed by atoms with E-state index in [0.29, 0.717) is 36.9 Å². The fourth-order valence-corrected chi connectivity index (χ4v) is 4.24. The van der Waals surface area contributed by atoms with E-state index >= 15 is 0 Å². The van der Waals surface area contributed by atoms with Crippen molar-refractivity contribution in [2.45, 2.75) is 53.0 Å². The molecule has 3 atom stereocenters. The molecule has 0 aromatic heterocycles. The summed E-state index contributed by atoms with van der Waals surface area (Å²) in [6.07, 6.45) is 3.28. The minimum atomic E-state index is -0.978. The Morgan fingerprint density at radius 2 is 1.81 bits per heavy atom. The molecule has 3 N–H and O–H groups in total. The van der Waals surface area contributed by atoms with Crippen LogP contribution >= 0.6 is 0 Å². The lowest BCUT2D eigenvalue weighted by molar-refractivity contribution is -0.138. The second-order valence-corrected chi connectivity index (χ2v) is 8.90. The number of nitriles is 1. The molecule has 2 rings (SSSR count). The van der Waals surface area contributed by atoms with E-state index in [1.807, 2.05) is 19.1 Å². The molecule has 7 nitrogen and oxygen atoms in total. The summed E-state index contributed by atoms with van der Waals surface area (Å²) in [5, 5.41) is 23.4. The van der Waals surface area contributed by atoms with Crippen molar-refractivity contribution in [2.24, 2.45) is 23.7 Å². The van der Waals surface area contributed by atoms with E-state index in [-0.39, 0.29) is 36.5 Å². The Labute approximate surface area is 189 Å². The SMILES string of the molecule is CC1=CC(CNC(=O)CCC(=O)O)C(C(C)C)CC1CC(=O)NCc1ccc(C#N)cc1. The predicted molar refractivity (Wildman–Crippen MR) is 121 cm³/mol. The van der Waals surface area contributed by atoms with Crippen LogP contribution in [0.2, 0.25) is 0 Å². The van der Waals surface area contributed by atoms with Gasteiger partial charge in [-0.25, -0.2) is 0 Å². The quantitative estimate of drug-likeness (QED) is 0.483. The Hall–Kier alpha value is -3.14. The van der Waals surface area contributed by atoms with Crippen molar-refractivity contribution >= 4 is 17.8 Å². The first kappa shape index (κ1) is 25.1. The number of benzene rings is 1. The van der Waals surface area contributed by atoms with E-state index in [1.165, 1.54) is 0 Å². The molecule has 2 amide bonds. The first-order valence-electron chi connectivity index (χ1n) is 11.1. The van der Waals surface area contributed by atoms with Crippen molar-refractivity contribution in [2.75, 3.05) is 6.54 Å². The zero-order chi connectivity index (χ0) is 23.7. The largest absolute Gasteiger partial charge is 0.481 e. The molecule has 3 unspecified atom stereocenters. The zero-order valence-corrected chi connectivity index (χ0v) is 19.1. The van der Waals surface area contributed by atoms with Gasteiger partial charge in [0.15, 0.2) is 0 Å². The number of carboxylic acid groups (broad SMARTS) is 1. The average molecular weight is 440 g/mol. The van der Waals surface area contributed by atoms with Gasteiger partial charge >= 0.3 is 5.97 Å². The van der Waals surface area contributed by atoms with Crippen LogP contribution < -0.4 is 10.6 Å². The number of aliphatic carboxylic acids is 1. The van der Waals surface area contributed by atoms with Crippen LogP contribution in [0.4, 0.5) is 0 Å². The molecule has 0 bridgehead atoms. The monoisotopic (exact) mass is 439 g/mol. The van der Waals surface area contributed by atoms with E-state index in [4.69, 9.17) is 10.4 Å². The highest BCUT2D eigenvalue weighted by Gasteiger charge is 2.32. The van der Waals surface area contributed by atoms with Gasteiger partial charge in [0.1, 0.15) is 0 Å². The van der Waals surface area contributed by atoms with Gasteiger partial charge in [0.2, 0.25) is 11.8 Å². The van der Waals surface area contributed by atoms with Crippen molar-refractivity contribution in [1.29, 1.82) is 5.26 Å². The molecule has 0 spiro atoms. The van der Waals surface area contributed by atoms with Gasteiger partial charge in [0.05, 0.1) is 18.1 Å². The Bertz CT molecular complexity index is 883. The second-order valence-electron chi connectivity index (χ2n) is 8.90. The van der Waals surface area contributed by atoms with Crippen molar-refractivity contribution in [1.82, 2.24) is 10.6 Å². The molecule has 172 valence electrons. The highest BCUT2D eigenvalue weighted by molar-refractivity contribution is 5.80. The van der Waals surface area contributed by atoms with Gasteiger partial charge in [-0.15, -0.1) is 0 Å². The van der Waals surface area contributed by atoms with Gasteiger partial charge in [-0.05, 0) is 54.7 Å². The summed E-state index contributed by atoms with van der Waals surface area (Å²) in [5.74, 6) is -0.183. The number of carboxylic acids is 1. The number of amides is 2. The van der Waals surface area contributed by atoms with Crippen molar-refractivity contribution in [3.8, 4) is 6.07 Å². The summed E-state index contributed by atoms with van der Waals surface area (Å²) in [6, 6.07) is 9.24. The van der Waals surface area contributed by atoms with Gasteiger partial charge in [-0.2, -0.15) is 5.26 Å². The van der Waals surface area contributed by atoms with Gasteiger partial charge in [-0.3, -0.25) is 14.4 Å². The summed E-state index contributed by atoms with van der Waals surface area (Å²) in [6.45, 7) is 7.25. The van der Waals surface area contributed by atoms with Gasteiger partial charge < -0.3 is 15.7 Å². The summed E-state index contributed by atoms with van der Waals surface area (Å²) in [5.41, 5.74) is 2.70. The van der Waals surface area contributed by atoms with Crippen LogP contribution in [0, 0.1) is 35.0 Å². The Morgan fingerprint density at radius 1 is 1.12 bits per heavy atom. The number of carbonyl (C=O) groups is 3. The van der Waals surface area contributed by atoms with Crippen molar-refractivity contribution < 1.29 is 19.5 Å². The minimum Gasteiger partial charge on any atom is -0.481 e. The van der Waals surface area contributed by atoms with E-state index < -0.39 is 5.97 Å². The maximum absolute atomic E-state index is 12.6. The van der Waals surface area contributed by atoms with Crippen LogP contribution in [0.3, 0.4) is 0 Å². The predicted octanol–water partition coefficient (Wildman–Crippen LogP) is 3.40. The topological polar surface area (TPSA) is 119 Å². The zero-order valence-electron chi connectivity index (χ0n) is 19.1. The minimum absolute atomic E-state index is 0.00459. The number of hydrogen-bond acceptors (Lipinski definition) is 4. The third-order valence-corrected chi connectivity index (χ3v) is 6.19. The van der Waals surface area contributed by atoms with Crippen LogP contribution in [0.5, 0.6) is 0 Å². The van der Waals surface area contributed by atoms with Crippen LogP contribution in [0.1, 0.15) is 57.6 Å². The van der Waals surface area contributed by atoms with E-state index in [0.717, 1.165) is 17.6 Å². The lowest BCUT2D eigenvalue weighted by Crippen LogP contribution is -2.37. The maximum atomic E-state index is 12.6. The third kappa shape index (κ3) is 7.84. The van der Waals surface area contributed by atoms with E-state index in [2.05, 4.69) is 36.6 Å². The number of allylic oxidation sites excluding steroid dienone is 1. The fourth-order valence-electron chi connectivity index (χ4n) is 4.24. The molecule has 1 aliphatic carbocycles. The highest BCUT2D eigenvalue weighted by atomic mass is 16.4. The lowest BCUT2D eigenvalue weighted by Gasteiger charge is -2.37. The van der Waals surface area contributed by atoms with E-state index in [1.54, 1.807) is 12.1 Å². The third-order valence-electron chi connectivity index (χ3n) is 6.19. The first-order chi connectivity index (χ1) is 15.2. The van der Waals surface area contributed by atoms with Crippen LogP contribution in [0.25, 0.3) is 0 Å². The van der Waals surface area contributed by atoms with Crippen molar-refractivity contribution in [3.05, 3.63) is 47.0 Å². The molecule has 1 aromatic carbocycles. The molecule has 32 heavy (non-hydrogen) atoms. The van der Waals surface area contributed by atoms with Gasteiger partial charge in [0, 0.05) is 25.9 Å². The van der Waals surface area contributed by atoms with Crippen molar-refractivity contribution in [3.63, 3.8) is 0 Å². The molecular weight excluding hydrogens is 406 g/mol. The molecular formula is C25H33N3O4. The number of rotatable bonds is 10. The standard InChI is InChI=1S/C25H33N3O4/c1-16(2)22-11-20(12-24(30)27-14-19-6-4-18(13-26)5-7-19)17(3)10-21(22)15-28-23(29)8-9-25(31)32/h4-7,10,16,20-22H,8-9,11-12,14-15H2,1-3H3,(H,27,30)(H,28,29)(H,31,32). The smallest absolute Gasteiger partial charge is 0.303 e. The molecule has 0 saturated heterocycles. The molecule has 0 saturated carbocycles. The van der Waals surface area contributed by atoms with E-state index in [9.17, 15) is 14.4 Å². The number of nitrogens with zero attached hydrogens (tertiary/aromatic N) is 1.